The number of anilines is 1. The molecule has 1 atom stereocenters. The fraction of sp³-hybridized carbons (Fsp3) is 0.400. The predicted octanol–water partition coefficient (Wildman–Crippen LogP) is 3.68. The summed E-state index contributed by atoms with van der Waals surface area (Å²) in [5.41, 5.74) is 2.60. The number of ether oxygens (including phenoxy) is 2. The van der Waals surface area contributed by atoms with Crippen molar-refractivity contribution >= 4 is 23.1 Å². The highest BCUT2D eigenvalue weighted by molar-refractivity contribution is 7.10. The molecule has 1 aliphatic rings. The van der Waals surface area contributed by atoms with E-state index in [0.29, 0.717) is 31.0 Å². The molecule has 1 amide bonds. The van der Waals surface area contributed by atoms with Crippen LogP contribution >= 0.6 is 11.3 Å². The Labute approximate surface area is 204 Å². The quantitative estimate of drug-likeness (QED) is 0.499. The highest BCUT2D eigenvalue weighted by Gasteiger charge is 2.27. The van der Waals surface area contributed by atoms with E-state index in [1.54, 1.807) is 17.5 Å². The van der Waals surface area contributed by atoms with Crippen LogP contribution in [-0.2, 0) is 6.54 Å². The van der Waals surface area contributed by atoms with Crippen molar-refractivity contribution in [3.05, 3.63) is 63.5 Å². The van der Waals surface area contributed by atoms with Gasteiger partial charge in [-0.3, -0.25) is 4.79 Å². The van der Waals surface area contributed by atoms with Crippen molar-refractivity contribution in [2.24, 2.45) is 0 Å². The number of hydrogen-bond donors (Lipinski definition) is 1. The van der Waals surface area contributed by atoms with Crippen LogP contribution in [0.5, 0.6) is 11.8 Å². The number of thiophene rings is 1. The lowest BCUT2D eigenvalue weighted by Crippen LogP contribution is -2.33. The maximum Gasteiger partial charge on any atom is 0.318 e. The SMILES string of the molecule is CNCC[C@H](Oc1ccc(CN2CCN(C)c3nc(OC)ncc3C2=O)cc1C)c1cccs1. The average molecular weight is 482 g/mol. The zero-order valence-corrected chi connectivity index (χ0v) is 20.9. The second-order valence-corrected chi connectivity index (χ2v) is 9.34. The molecule has 0 unspecified atom stereocenters. The Morgan fingerprint density at radius 1 is 1.26 bits per heavy atom. The van der Waals surface area contributed by atoms with Gasteiger partial charge in [0, 0.05) is 44.2 Å². The van der Waals surface area contributed by atoms with E-state index in [4.69, 9.17) is 9.47 Å². The number of aryl methyl sites for hydroxylation is 1. The lowest BCUT2D eigenvalue weighted by molar-refractivity contribution is 0.0754. The van der Waals surface area contributed by atoms with Gasteiger partial charge in [-0.15, -0.1) is 11.3 Å². The molecule has 0 radical (unpaired) electrons. The molecular weight excluding hydrogens is 450 g/mol. The lowest BCUT2D eigenvalue weighted by Gasteiger charge is -2.23. The first kappa shape index (κ1) is 24.0. The first-order chi connectivity index (χ1) is 16.5. The van der Waals surface area contributed by atoms with Crippen LogP contribution in [0.3, 0.4) is 0 Å². The van der Waals surface area contributed by atoms with E-state index in [-0.39, 0.29) is 18.0 Å². The summed E-state index contributed by atoms with van der Waals surface area (Å²) in [6.45, 7) is 4.70. The number of fused-ring (bicyclic) bond motifs is 1. The lowest BCUT2D eigenvalue weighted by atomic mass is 10.1. The van der Waals surface area contributed by atoms with Crippen molar-refractivity contribution in [3.63, 3.8) is 0 Å². The summed E-state index contributed by atoms with van der Waals surface area (Å²) in [5, 5.41) is 5.29. The van der Waals surface area contributed by atoms with Crippen LogP contribution < -0.4 is 19.7 Å². The van der Waals surface area contributed by atoms with Crippen molar-refractivity contribution in [1.82, 2.24) is 20.2 Å². The number of carbonyl (C=O) groups excluding carboxylic acids is 1. The third-order valence-electron chi connectivity index (χ3n) is 5.91. The minimum Gasteiger partial charge on any atom is -0.485 e. The van der Waals surface area contributed by atoms with Gasteiger partial charge in [-0.05, 0) is 49.2 Å². The molecular formula is C25H31N5O3S. The summed E-state index contributed by atoms with van der Waals surface area (Å²) in [5.74, 6) is 1.39. The van der Waals surface area contributed by atoms with Crippen LogP contribution in [0.25, 0.3) is 0 Å². The molecule has 2 aromatic heterocycles. The van der Waals surface area contributed by atoms with Crippen LogP contribution in [0, 0.1) is 6.92 Å². The summed E-state index contributed by atoms with van der Waals surface area (Å²) in [6, 6.07) is 10.6. The Morgan fingerprint density at radius 3 is 2.82 bits per heavy atom. The first-order valence-corrected chi connectivity index (χ1v) is 12.2. The Bertz CT molecular complexity index is 1120. The third kappa shape index (κ3) is 5.31. The van der Waals surface area contributed by atoms with Crippen molar-refractivity contribution in [1.29, 1.82) is 0 Å². The minimum atomic E-state index is -0.0789. The molecule has 0 saturated carbocycles. The number of amides is 1. The van der Waals surface area contributed by atoms with E-state index in [2.05, 4.69) is 45.8 Å². The van der Waals surface area contributed by atoms with Gasteiger partial charge in [0.2, 0.25) is 0 Å². The van der Waals surface area contributed by atoms with Gasteiger partial charge in [0.05, 0.1) is 7.11 Å². The summed E-state index contributed by atoms with van der Waals surface area (Å²) in [7, 11) is 5.40. The molecule has 0 aliphatic carbocycles. The highest BCUT2D eigenvalue weighted by Crippen LogP contribution is 2.31. The van der Waals surface area contributed by atoms with Crippen molar-refractivity contribution in [2.75, 3.05) is 45.7 Å². The van der Waals surface area contributed by atoms with Gasteiger partial charge in [0.25, 0.3) is 5.91 Å². The molecule has 180 valence electrons. The summed E-state index contributed by atoms with van der Waals surface area (Å²) in [4.78, 5) is 26.8. The van der Waals surface area contributed by atoms with E-state index in [0.717, 1.165) is 29.8 Å². The molecule has 9 heteroatoms. The molecule has 8 nitrogen and oxygen atoms in total. The van der Waals surface area contributed by atoms with Gasteiger partial charge >= 0.3 is 6.01 Å². The second kappa shape index (κ2) is 10.8. The zero-order valence-electron chi connectivity index (χ0n) is 20.1. The number of nitrogens with zero attached hydrogens (tertiary/aromatic N) is 4. The minimum absolute atomic E-state index is 0.00761. The monoisotopic (exact) mass is 481 g/mol. The number of nitrogens with one attached hydrogen (secondary N) is 1. The summed E-state index contributed by atoms with van der Waals surface area (Å²) < 4.78 is 11.6. The van der Waals surface area contributed by atoms with E-state index < -0.39 is 0 Å². The highest BCUT2D eigenvalue weighted by atomic mass is 32.1. The molecule has 1 aliphatic heterocycles. The van der Waals surface area contributed by atoms with Gasteiger partial charge in [-0.1, -0.05) is 18.2 Å². The number of carbonyl (C=O) groups is 1. The Balaban J connectivity index is 1.50. The number of methoxy groups -OCH3 is 1. The molecule has 0 fully saturated rings. The summed E-state index contributed by atoms with van der Waals surface area (Å²) >= 11 is 1.71. The Morgan fingerprint density at radius 2 is 2.12 bits per heavy atom. The van der Waals surface area contributed by atoms with Crippen molar-refractivity contribution in [3.8, 4) is 11.8 Å². The van der Waals surface area contributed by atoms with Gasteiger partial charge < -0.3 is 24.6 Å². The van der Waals surface area contributed by atoms with E-state index in [1.807, 2.05) is 36.0 Å². The summed E-state index contributed by atoms with van der Waals surface area (Å²) in [6.07, 6.45) is 2.45. The Kier molecular flexibility index (Phi) is 7.64. The van der Waals surface area contributed by atoms with Gasteiger partial charge in [-0.25, -0.2) is 4.98 Å². The van der Waals surface area contributed by atoms with E-state index in [1.165, 1.54) is 12.0 Å². The number of rotatable bonds is 9. The molecule has 1 aromatic carbocycles. The molecule has 0 bridgehead atoms. The molecule has 3 aromatic rings. The largest absolute Gasteiger partial charge is 0.485 e. The number of likely N-dealkylation sites (N-methyl/N-ethyl adjacent to an activating group) is 1. The number of benzene rings is 1. The van der Waals surface area contributed by atoms with E-state index >= 15 is 0 Å². The molecule has 34 heavy (non-hydrogen) atoms. The van der Waals surface area contributed by atoms with Crippen LogP contribution in [0.2, 0.25) is 0 Å². The Hall–Kier alpha value is -3.17. The number of aromatic nitrogens is 2. The normalized spacial score (nSPS) is 14.5. The molecule has 3 heterocycles. The van der Waals surface area contributed by atoms with Crippen LogP contribution in [0.15, 0.2) is 41.9 Å². The molecule has 1 N–H and O–H groups in total. The van der Waals surface area contributed by atoms with Crippen molar-refractivity contribution < 1.29 is 14.3 Å². The fourth-order valence-electron chi connectivity index (χ4n) is 4.02. The maximum absolute atomic E-state index is 13.3. The van der Waals surface area contributed by atoms with Crippen LogP contribution in [0.1, 0.15) is 38.9 Å². The first-order valence-electron chi connectivity index (χ1n) is 11.4. The van der Waals surface area contributed by atoms with Crippen LogP contribution in [0.4, 0.5) is 5.82 Å². The van der Waals surface area contributed by atoms with E-state index in [9.17, 15) is 4.79 Å². The standard InChI is InChI=1S/C25H31N5O3S/c1-17-14-18(7-8-20(17)33-21(9-10-26-2)22-6-5-13-34-22)16-30-12-11-29(3)23-19(24(30)31)15-27-25(28-23)32-4/h5-8,13-15,21,26H,9-12,16H2,1-4H3/t21-/m0/s1. The molecule has 0 spiro atoms. The maximum atomic E-state index is 13.3. The van der Waals surface area contributed by atoms with Crippen LogP contribution in [-0.4, -0.2) is 61.6 Å². The topological polar surface area (TPSA) is 79.8 Å². The smallest absolute Gasteiger partial charge is 0.318 e. The third-order valence-corrected chi connectivity index (χ3v) is 6.88. The van der Waals surface area contributed by atoms with Crippen molar-refractivity contribution in [2.45, 2.75) is 26.0 Å². The fourth-order valence-corrected chi connectivity index (χ4v) is 4.81. The molecule has 0 saturated heterocycles. The van der Waals surface area contributed by atoms with Gasteiger partial charge in [-0.2, -0.15) is 4.98 Å². The average Bonchev–Trinajstić information content (AvgIpc) is 3.36. The molecule has 4 rings (SSSR count). The predicted molar refractivity (Wildman–Crippen MR) is 134 cm³/mol. The zero-order chi connectivity index (χ0) is 24.1. The second-order valence-electron chi connectivity index (χ2n) is 8.36. The number of hydrogen-bond acceptors (Lipinski definition) is 8. The van der Waals surface area contributed by atoms with Gasteiger partial charge in [0.15, 0.2) is 0 Å². The van der Waals surface area contributed by atoms with Gasteiger partial charge in [0.1, 0.15) is 23.2 Å².